The molecule has 1 fully saturated rings. The van der Waals surface area contributed by atoms with E-state index in [2.05, 4.69) is 15.3 Å². The number of amides is 1. The minimum Gasteiger partial charge on any atom is -0.379 e. The van der Waals surface area contributed by atoms with Crippen LogP contribution in [0.3, 0.4) is 0 Å². The summed E-state index contributed by atoms with van der Waals surface area (Å²) >= 11 is 0. The predicted octanol–water partition coefficient (Wildman–Crippen LogP) is 1.85. The molecular formula is C18H22N4O2. The molecule has 126 valence electrons. The maximum absolute atomic E-state index is 11.9. The lowest BCUT2D eigenvalue weighted by atomic mass is 9.95. The Labute approximate surface area is 141 Å². The van der Waals surface area contributed by atoms with Gasteiger partial charge in [-0.25, -0.2) is 4.98 Å². The molecule has 6 heteroatoms. The Hall–Kier alpha value is -2.47. The van der Waals surface area contributed by atoms with Gasteiger partial charge in [-0.1, -0.05) is 0 Å². The summed E-state index contributed by atoms with van der Waals surface area (Å²) in [5.41, 5.74) is 1.84. The van der Waals surface area contributed by atoms with Crippen molar-refractivity contribution in [3.05, 3.63) is 54.0 Å². The van der Waals surface area contributed by atoms with Crippen LogP contribution in [0.15, 0.2) is 42.9 Å². The van der Waals surface area contributed by atoms with Gasteiger partial charge in [0.25, 0.3) is 5.91 Å². The van der Waals surface area contributed by atoms with Crippen molar-refractivity contribution < 1.29 is 9.53 Å². The number of ether oxygens (including phenoxy) is 1. The number of carbonyl (C=O) groups is 1. The third kappa shape index (κ3) is 3.89. The summed E-state index contributed by atoms with van der Waals surface area (Å²) in [6.45, 7) is 1.40. The molecule has 24 heavy (non-hydrogen) atoms. The Balaban J connectivity index is 1.63. The van der Waals surface area contributed by atoms with E-state index in [9.17, 15) is 4.79 Å². The molecule has 2 aromatic heterocycles. The molecule has 0 spiro atoms. The Morgan fingerprint density at radius 3 is 2.71 bits per heavy atom. The first-order valence-corrected chi connectivity index (χ1v) is 8.04. The normalized spacial score (nSPS) is 19.9. The van der Waals surface area contributed by atoms with E-state index in [1.54, 1.807) is 31.3 Å². The molecule has 3 rings (SSSR count). The van der Waals surface area contributed by atoms with Crippen LogP contribution in [0.1, 0.15) is 15.9 Å². The highest BCUT2D eigenvalue weighted by atomic mass is 16.5. The van der Waals surface area contributed by atoms with E-state index in [0.717, 1.165) is 18.8 Å². The first kappa shape index (κ1) is 16.4. The van der Waals surface area contributed by atoms with E-state index in [-0.39, 0.29) is 11.9 Å². The number of pyridine rings is 2. The maximum atomic E-state index is 11.9. The van der Waals surface area contributed by atoms with Gasteiger partial charge in [-0.2, -0.15) is 0 Å². The molecule has 1 saturated heterocycles. The highest BCUT2D eigenvalue weighted by molar-refractivity contribution is 5.93. The van der Waals surface area contributed by atoms with Gasteiger partial charge in [-0.15, -0.1) is 0 Å². The number of hydrogen-bond donors (Lipinski definition) is 1. The van der Waals surface area contributed by atoms with Crippen molar-refractivity contribution in [3.8, 4) is 0 Å². The molecule has 0 saturated carbocycles. The molecule has 1 aliphatic rings. The van der Waals surface area contributed by atoms with Gasteiger partial charge in [0.05, 0.1) is 24.8 Å². The highest BCUT2D eigenvalue weighted by Gasteiger charge is 2.28. The molecule has 6 nitrogen and oxygen atoms in total. The first-order valence-electron chi connectivity index (χ1n) is 8.04. The lowest BCUT2D eigenvalue weighted by molar-refractivity contribution is 0.0827. The van der Waals surface area contributed by atoms with Crippen LogP contribution in [-0.2, 0) is 11.2 Å². The van der Waals surface area contributed by atoms with Gasteiger partial charge in [0.1, 0.15) is 5.82 Å². The second-order valence-corrected chi connectivity index (χ2v) is 6.24. The summed E-state index contributed by atoms with van der Waals surface area (Å²) in [7, 11) is 3.46. The average molecular weight is 326 g/mol. The Morgan fingerprint density at radius 2 is 2.04 bits per heavy atom. The number of rotatable bonds is 5. The van der Waals surface area contributed by atoms with E-state index < -0.39 is 0 Å². The number of hydrogen-bond acceptors (Lipinski definition) is 5. The molecule has 0 aliphatic carbocycles. The third-order valence-corrected chi connectivity index (χ3v) is 4.20. The Morgan fingerprint density at radius 1 is 1.25 bits per heavy atom. The molecule has 2 unspecified atom stereocenters. The molecule has 2 atom stereocenters. The standard InChI is InChI=1S/C18H22N4O2/c1-22(2)18(23)14-3-4-17(20-10-14)21-16-12-24-11-15(16)9-13-5-7-19-8-6-13/h3-8,10,15-16H,9,11-12H2,1-2H3,(H,20,21). The fourth-order valence-electron chi connectivity index (χ4n) is 2.83. The van der Waals surface area contributed by atoms with E-state index >= 15 is 0 Å². The summed E-state index contributed by atoms with van der Waals surface area (Å²) in [6, 6.07) is 7.93. The zero-order valence-electron chi connectivity index (χ0n) is 14.0. The summed E-state index contributed by atoms with van der Waals surface area (Å²) < 4.78 is 5.64. The minimum absolute atomic E-state index is 0.0474. The largest absolute Gasteiger partial charge is 0.379 e. The van der Waals surface area contributed by atoms with Gasteiger partial charge in [-0.3, -0.25) is 9.78 Å². The van der Waals surface area contributed by atoms with Crippen molar-refractivity contribution in [1.29, 1.82) is 0 Å². The van der Waals surface area contributed by atoms with Crippen LogP contribution in [0.4, 0.5) is 5.82 Å². The molecule has 3 heterocycles. The van der Waals surface area contributed by atoms with Gasteiger partial charge < -0.3 is 15.0 Å². The topological polar surface area (TPSA) is 67.4 Å². The molecule has 1 aliphatic heterocycles. The monoisotopic (exact) mass is 326 g/mol. The highest BCUT2D eigenvalue weighted by Crippen LogP contribution is 2.22. The zero-order valence-corrected chi connectivity index (χ0v) is 14.0. The summed E-state index contributed by atoms with van der Waals surface area (Å²) in [6.07, 6.45) is 6.18. The van der Waals surface area contributed by atoms with E-state index in [0.29, 0.717) is 18.1 Å². The van der Waals surface area contributed by atoms with Crippen LogP contribution in [0.25, 0.3) is 0 Å². The molecule has 1 N–H and O–H groups in total. The van der Waals surface area contributed by atoms with Gasteiger partial charge >= 0.3 is 0 Å². The van der Waals surface area contributed by atoms with Crippen molar-refractivity contribution in [1.82, 2.24) is 14.9 Å². The van der Waals surface area contributed by atoms with Crippen molar-refractivity contribution >= 4 is 11.7 Å². The molecular weight excluding hydrogens is 304 g/mol. The lowest BCUT2D eigenvalue weighted by Crippen LogP contribution is -2.29. The van der Waals surface area contributed by atoms with Crippen molar-refractivity contribution in [2.24, 2.45) is 5.92 Å². The quantitative estimate of drug-likeness (QED) is 0.908. The van der Waals surface area contributed by atoms with Crippen LogP contribution < -0.4 is 5.32 Å². The van der Waals surface area contributed by atoms with Crippen molar-refractivity contribution in [2.75, 3.05) is 32.6 Å². The number of nitrogens with zero attached hydrogens (tertiary/aromatic N) is 3. The summed E-state index contributed by atoms with van der Waals surface area (Å²) in [4.78, 5) is 21.9. The van der Waals surface area contributed by atoms with Gasteiger partial charge in [0.2, 0.25) is 0 Å². The molecule has 0 radical (unpaired) electrons. The fourth-order valence-corrected chi connectivity index (χ4v) is 2.83. The molecule has 2 aromatic rings. The number of aromatic nitrogens is 2. The number of carbonyl (C=O) groups excluding carboxylic acids is 1. The third-order valence-electron chi connectivity index (χ3n) is 4.20. The summed E-state index contributed by atoms with van der Waals surface area (Å²) in [5, 5.41) is 3.43. The van der Waals surface area contributed by atoms with Crippen LogP contribution in [0.2, 0.25) is 0 Å². The van der Waals surface area contributed by atoms with Crippen LogP contribution in [-0.4, -0.2) is 54.1 Å². The zero-order chi connectivity index (χ0) is 16.9. The fraction of sp³-hybridized carbons (Fsp3) is 0.389. The molecule has 0 aromatic carbocycles. The second-order valence-electron chi connectivity index (χ2n) is 6.24. The molecule has 0 bridgehead atoms. The predicted molar refractivity (Wildman–Crippen MR) is 91.9 cm³/mol. The van der Waals surface area contributed by atoms with Crippen LogP contribution in [0.5, 0.6) is 0 Å². The van der Waals surface area contributed by atoms with Gasteiger partial charge in [-0.05, 0) is 36.2 Å². The van der Waals surface area contributed by atoms with Gasteiger partial charge in [0.15, 0.2) is 0 Å². The van der Waals surface area contributed by atoms with Gasteiger partial charge in [0, 0.05) is 38.6 Å². The number of nitrogens with one attached hydrogen (secondary N) is 1. The van der Waals surface area contributed by atoms with E-state index in [1.807, 2.05) is 30.6 Å². The Bertz CT molecular complexity index is 673. The lowest BCUT2D eigenvalue weighted by Gasteiger charge is -2.20. The SMILES string of the molecule is CN(C)C(=O)c1ccc(NC2COCC2Cc2ccncc2)nc1. The number of anilines is 1. The Kier molecular flexibility index (Phi) is 5.05. The molecule has 1 amide bonds. The first-order chi connectivity index (χ1) is 11.6. The smallest absolute Gasteiger partial charge is 0.254 e. The maximum Gasteiger partial charge on any atom is 0.254 e. The van der Waals surface area contributed by atoms with Crippen molar-refractivity contribution in [2.45, 2.75) is 12.5 Å². The minimum atomic E-state index is -0.0474. The second kappa shape index (κ2) is 7.40. The van der Waals surface area contributed by atoms with E-state index in [1.165, 1.54) is 5.56 Å². The summed E-state index contributed by atoms with van der Waals surface area (Å²) in [5.74, 6) is 1.10. The average Bonchev–Trinajstić information content (AvgIpc) is 3.02. The van der Waals surface area contributed by atoms with E-state index in [4.69, 9.17) is 4.74 Å². The van der Waals surface area contributed by atoms with Crippen LogP contribution >= 0.6 is 0 Å². The van der Waals surface area contributed by atoms with Crippen molar-refractivity contribution in [3.63, 3.8) is 0 Å². The van der Waals surface area contributed by atoms with Crippen LogP contribution in [0, 0.1) is 5.92 Å².